The van der Waals surface area contributed by atoms with Crippen molar-refractivity contribution in [1.29, 1.82) is 0 Å². The average molecular weight is 218 g/mol. The van der Waals surface area contributed by atoms with Crippen LogP contribution in [0.2, 0.25) is 0 Å². The molecule has 0 aromatic heterocycles. The van der Waals surface area contributed by atoms with Crippen LogP contribution in [0.25, 0.3) is 0 Å². The maximum absolute atomic E-state index is 5.62. The summed E-state index contributed by atoms with van der Waals surface area (Å²) in [4.78, 5) is 0. The summed E-state index contributed by atoms with van der Waals surface area (Å²) in [6.07, 6.45) is 1.58. The van der Waals surface area contributed by atoms with Crippen LogP contribution < -0.4 is 0 Å². The van der Waals surface area contributed by atoms with Gasteiger partial charge >= 0.3 is 0 Å². The molecule has 0 fully saturated rings. The van der Waals surface area contributed by atoms with E-state index in [2.05, 4.69) is 6.58 Å². The second-order valence-corrected chi connectivity index (χ2v) is 4.39. The molecule has 4 heteroatoms. The highest BCUT2D eigenvalue weighted by atomic mass is 28.1. The Morgan fingerprint density at radius 2 is 1.71 bits per heavy atom. The third-order valence-corrected chi connectivity index (χ3v) is 3.09. The van der Waals surface area contributed by atoms with E-state index in [-0.39, 0.29) is 6.10 Å². The van der Waals surface area contributed by atoms with E-state index in [9.17, 15) is 0 Å². The first-order valence-corrected chi connectivity index (χ1v) is 6.16. The topological polar surface area (TPSA) is 27.7 Å². The molecule has 0 aliphatic carbocycles. The highest BCUT2D eigenvalue weighted by molar-refractivity contribution is 6.14. The highest BCUT2D eigenvalue weighted by Crippen LogP contribution is 2.18. The SMILES string of the molecule is C=CC(OCC)C([SiH3])(OCC)OCC. The molecule has 0 bridgehead atoms. The van der Waals surface area contributed by atoms with Crippen molar-refractivity contribution in [2.24, 2.45) is 0 Å². The van der Waals surface area contributed by atoms with Crippen LogP contribution in [0, 0.1) is 0 Å². The molecular weight excluding hydrogens is 196 g/mol. The summed E-state index contributed by atoms with van der Waals surface area (Å²) in [5.74, 6) is 0. The van der Waals surface area contributed by atoms with Gasteiger partial charge in [-0.25, -0.2) is 0 Å². The van der Waals surface area contributed by atoms with Crippen LogP contribution >= 0.6 is 0 Å². The molecule has 0 spiro atoms. The van der Waals surface area contributed by atoms with Gasteiger partial charge in [0.05, 0.1) is 10.2 Å². The Hall–Kier alpha value is -0.163. The molecule has 84 valence electrons. The fraction of sp³-hybridized carbons (Fsp3) is 0.800. The van der Waals surface area contributed by atoms with Gasteiger partial charge in [-0.15, -0.1) is 6.58 Å². The van der Waals surface area contributed by atoms with Crippen molar-refractivity contribution in [3.8, 4) is 0 Å². The van der Waals surface area contributed by atoms with E-state index >= 15 is 0 Å². The van der Waals surface area contributed by atoms with E-state index in [0.29, 0.717) is 19.8 Å². The predicted octanol–water partition coefficient (Wildman–Crippen LogP) is 0.670. The molecule has 0 amide bonds. The summed E-state index contributed by atoms with van der Waals surface area (Å²) in [5.41, 5.74) is -0.582. The first-order chi connectivity index (χ1) is 6.64. The van der Waals surface area contributed by atoms with Gasteiger partial charge < -0.3 is 14.2 Å². The van der Waals surface area contributed by atoms with Gasteiger partial charge in [0, 0.05) is 19.8 Å². The summed E-state index contributed by atoms with van der Waals surface area (Å²) >= 11 is 0. The van der Waals surface area contributed by atoms with Gasteiger partial charge in [0.2, 0.25) is 0 Å². The van der Waals surface area contributed by atoms with Crippen LogP contribution in [0.1, 0.15) is 20.8 Å². The largest absolute Gasteiger partial charge is 0.369 e. The van der Waals surface area contributed by atoms with Crippen LogP contribution in [0.5, 0.6) is 0 Å². The minimum atomic E-state index is -0.582. The molecule has 14 heavy (non-hydrogen) atoms. The maximum Gasteiger partial charge on any atom is 0.170 e. The van der Waals surface area contributed by atoms with Gasteiger partial charge in [0.15, 0.2) is 5.41 Å². The Kier molecular flexibility index (Phi) is 7.09. The standard InChI is InChI=1S/C10H22O3Si/c1-5-9(11-6-2)10(14,12-7-3)13-8-4/h5,9H,1,6-8H2,2-4,14H3. The highest BCUT2D eigenvalue weighted by Gasteiger charge is 2.33. The minimum absolute atomic E-state index is 0.168. The molecule has 0 saturated carbocycles. The van der Waals surface area contributed by atoms with Crippen LogP contribution in [-0.2, 0) is 14.2 Å². The van der Waals surface area contributed by atoms with Crippen molar-refractivity contribution >= 4 is 10.2 Å². The molecule has 0 heterocycles. The summed E-state index contributed by atoms with van der Waals surface area (Å²) in [6, 6.07) is 0. The first kappa shape index (κ1) is 13.8. The molecule has 0 N–H and O–H groups in total. The lowest BCUT2D eigenvalue weighted by Crippen LogP contribution is -2.48. The summed E-state index contributed by atoms with van der Waals surface area (Å²) in [6.45, 7) is 11.5. The van der Waals surface area contributed by atoms with Crippen LogP contribution in [0.15, 0.2) is 12.7 Å². The third-order valence-electron chi connectivity index (χ3n) is 1.94. The Labute approximate surface area is 89.8 Å². The van der Waals surface area contributed by atoms with Crippen LogP contribution in [-0.4, -0.2) is 41.6 Å². The Morgan fingerprint density at radius 1 is 1.21 bits per heavy atom. The van der Waals surface area contributed by atoms with E-state index < -0.39 is 5.41 Å². The second kappa shape index (κ2) is 7.17. The molecule has 0 radical (unpaired) electrons. The molecule has 0 aliphatic heterocycles. The van der Waals surface area contributed by atoms with E-state index in [4.69, 9.17) is 14.2 Å². The van der Waals surface area contributed by atoms with Crippen molar-refractivity contribution in [2.45, 2.75) is 32.3 Å². The number of hydrogen-bond donors (Lipinski definition) is 0. The second-order valence-electron chi connectivity index (χ2n) is 2.99. The maximum atomic E-state index is 5.62. The zero-order chi connectivity index (χ0) is 11.0. The summed E-state index contributed by atoms with van der Waals surface area (Å²) in [5, 5.41) is 0. The zero-order valence-electron chi connectivity index (χ0n) is 9.71. The number of rotatable bonds is 8. The van der Waals surface area contributed by atoms with E-state index in [1.807, 2.05) is 20.8 Å². The lowest BCUT2D eigenvalue weighted by atomic mass is 10.3. The van der Waals surface area contributed by atoms with Gasteiger partial charge in [-0.05, 0) is 20.8 Å². The van der Waals surface area contributed by atoms with Crippen molar-refractivity contribution < 1.29 is 14.2 Å². The molecular formula is C10H22O3Si. The van der Waals surface area contributed by atoms with Gasteiger partial charge in [0.25, 0.3) is 0 Å². The summed E-state index contributed by atoms with van der Waals surface area (Å²) < 4.78 is 16.8. The molecule has 0 saturated heterocycles. The van der Waals surface area contributed by atoms with Crippen LogP contribution in [0.3, 0.4) is 0 Å². The van der Waals surface area contributed by atoms with E-state index in [1.165, 1.54) is 0 Å². The van der Waals surface area contributed by atoms with Gasteiger partial charge in [0.1, 0.15) is 6.10 Å². The predicted molar refractivity (Wildman–Crippen MR) is 61.5 cm³/mol. The van der Waals surface area contributed by atoms with Crippen molar-refractivity contribution in [2.75, 3.05) is 19.8 Å². The van der Waals surface area contributed by atoms with Gasteiger partial charge in [-0.2, -0.15) is 0 Å². The molecule has 1 unspecified atom stereocenters. The lowest BCUT2D eigenvalue weighted by Gasteiger charge is -2.35. The fourth-order valence-corrected chi connectivity index (χ4v) is 2.37. The van der Waals surface area contributed by atoms with Crippen molar-refractivity contribution in [3.63, 3.8) is 0 Å². The molecule has 0 aromatic rings. The van der Waals surface area contributed by atoms with Gasteiger partial charge in [-0.1, -0.05) is 6.08 Å². The van der Waals surface area contributed by atoms with Crippen molar-refractivity contribution in [3.05, 3.63) is 12.7 Å². The minimum Gasteiger partial charge on any atom is -0.369 e. The third kappa shape index (κ3) is 3.92. The smallest absolute Gasteiger partial charge is 0.170 e. The molecule has 0 rings (SSSR count). The molecule has 0 aliphatic rings. The molecule has 1 atom stereocenters. The number of hydrogen-bond acceptors (Lipinski definition) is 3. The monoisotopic (exact) mass is 218 g/mol. The average Bonchev–Trinajstić information content (AvgIpc) is 2.14. The zero-order valence-corrected chi connectivity index (χ0v) is 11.7. The van der Waals surface area contributed by atoms with E-state index in [1.54, 1.807) is 6.08 Å². The fourth-order valence-electron chi connectivity index (χ4n) is 1.39. The quantitative estimate of drug-likeness (QED) is 0.340. The molecule has 3 nitrogen and oxygen atoms in total. The first-order valence-electron chi connectivity index (χ1n) is 5.16. The molecule has 0 aromatic carbocycles. The van der Waals surface area contributed by atoms with Crippen molar-refractivity contribution in [1.82, 2.24) is 0 Å². The van der Waals surface area contributed by atoms with Crippen LogP contribution in [0.4, 0.5) is 0 Å². The normalized spacial score (nSPS) is 14.2. The number of ether oxygens (including phenoxy) is 3. The Bertz CT molecular complexity index is 155. The Balaban J connectivity index is 4.47. The van der Waals surface area contributed by atoms with E-state index in [0.717, 1.165) is 10.2 Å². The summed E-state index contributed by atoms with van der Waals surface area (Å²) in [7, 11) is 0.754. The lowest BCUT2D eigenvalue weighted by molar-refractivity contribution is -0.223. The van der Waals surface area contributed by atoms with Gasteiger partial charge in [-0.3, -0.25) is 0 Å². The Morgan fingerprint density at radius 3 is 2.00 bits per heavy atom.